The zero-order valence-corrected chi connectivity index (χ0v) is 31.1. The molecule has 0 radical (unpaired) electrons. The first kappa shape index (κ1) is 41.3. The van der Waals surface area contributed by atoms with E-state index in [0.717, 1.165) is 0 Å². The average molecular weight is 813 g/mol. The van der Waals surface area contributed by atoms with Crippen molar-refractivity contribution in [1.82, 2.24) is 0 Å². The van der Waals surface area contributed by atoms with Crippen LogP contribution in [0.3, 0.4) is 0 Å². The zero-order chi connectivity index (χ0) is 41.4. The highest BCUT2D eigenvalue weighted by molar-refractivity contribution is 5.47. The van der Waals surface area contributed by atoms with Crippen molar-refractivity contribution in [3.8, 4) is 23.0 Å². The largest absolute Gasteiger partial charge is 0.496 e. The van der Waals surface area contributed by atoms with Gasteiger partial charge in [-0.05, 0) is 35.4 Å². The second-order valence-corrected chi connectivity index (χ2v) is 14.3. The summed E-state index contributed by atoms with van der Waals surface area (Å²) in [4.78, 5) is 25.7. The molecule has 1 aliphatic carbocycles. The van der Waals surface area contributed by atoms with E-state index in [2.05, 4.69) is 0 Å². The summed E-state index contributed by atoms with van der Waals surface area (Å²) in [7, 11) is 2.81. The normalized spacial score (nSPS) is 33.5. The van der Waals surface area contributed by atoms with Gasteiger partial charge in [-0.3, -0.25) is 0 Å². The summed E-state index contributed by atoms with van der Waals surface area (Å²) in [6.07, 6.45) is -14.9. The predicted octanol–water partition coefficient (Wildman–Crippen LogP) is -0.584. The van der Waals surface area contributed by atoms with E-state index < -0.39 is 110 Å². The quantitative estimate of drug-likeness (QED) is 0.0888. The molecular weight excluding hydrogens is 768 g/mol. The number of ether oxygens (including phenoxy) is 6. The molecule has 312 valence electrons. The standard InChI is InChI=1S/C40H44O18/c1-51-21-11-23(55-27(43)13-21)31-29(17-3-7-19(8-4-17)53-39-37(49)35(47)33(45)25(15-41)57-39)32(24-12-22(52-2)14-28(44)56-24)30(31)18-5-9-20(10-6-18)54-40-38(50)36(48)34(46)26(16-42)58-40/h3-14,25-26,29-42,45-50H,15-16H2,1-2H3. The van der Waals surface area contributed by atoms with E-state index in [-0.39, 0.29) is 34.5 Å². The Hall–Kier alpha value is -4.86. The first-order valence-electron chi connectivity index (χ1n) is 18.4. The average Bonchev–Trinajstić information content (AvgIpc) is 3.21. The second kappa shape index (κ2) is 17.2. The number of hydrogen-bond donors (Lipinski definition) is 8. The first-order valence-corrected chi connectivity index (χ1v) is 18.4. The van der Waals surface area contributed by atoms with Crippen molar-refractivity contribution in [3.63, 3.8) is 0 Å². The summed E-state index contributed by atoms with van der Waals surface area (Å²) in [5.41, 5.74) is 0.00125. The molecule has 2 aliphatic heterocycles. The molecule has 4 aromatic rings. The van der Waals surface area contributed by atoms with Gasteiger partial charge in [-0.2, -0.15) is 0 Å². The number of benzene rings is 2. The van der Waals surface area contributed by atoms with E-state index in [1.807, 2.05) is 0 Å². The summed E-state index contributed by atoms with van der Waals surface area (Å²) in [5.74, 6) is -0.937. The minimum absolute atomic E-state index is 0.202. The molecule has 1 saturated carbocycles. The minimum atomic E-state index is -1.65. The molecule has 2 aromatic carbocycles. The van der Waals surface area contributed by atoms with E-state index in [1.54, 1.807) is 60.7 Å². The summed E-state index contributed by atoms with van der Waals surface area (Å²) >= 11 is 0. The SMILES string of the molecule is COc1cc(C2C(c3ccc(OC4OC(CO)C(O)C(O)C4O)cc3)C(c3cc(OC)cc(=O)o3)C2c2ccc(OC3OC(CO)C(O)C(O)C3O)cc2)oc(=O)c1. The molecule has 4 heterocycles. The van der Waals surface area contributed by atoms with Crippen LogP contribution in [-0.4, -0.2) is 130 Å². The van der Waals surface area contributed by atoms with Gasteiger partial charge in [0, 0.05) is 35.8 Å². The fourth-order valence-electron chi connectivity index (χ4n) is 7.93. The molecule has 2 saturated heterocycles. The van der Waals surface area contributed by atoms with Crippen molar-refractivity contribution in [3.05, 3.63) is 116 Å². The summed E-state index contributed by atoms with van der Waals surface area (Å²) in [5, 5.41) is 81.1. The van der Waals surface area contributed by atoms with Crippen LogP contribution in [0, 0.1) is 0 Å². The third-order valence-corrected chi connectivity index (χ3v) is 10.9. The molecule has 3 fully saturated rings. The first-order chi connectivity index (χ1) is 27.8. The number of aliphatic hydroxyl groups excluding tert-OH is 8. The third kappa shape index (κ3) is 7.95. The molecule has 10 unspecified atom stereocenters. The lowest BCUT2D eigenvalue weighted by molar-refractivity contribution is -0.277. The van der Waals surface area contributed by atoms with Crippen molar-refractivity contribution < 1.29 is 78.1 Å². The Balaban J connectivity index is 1.26. The van der Waals surface area contributed by atoms with Crippen molar-refractivity contribution >= 4 is 0 Å². The van der Waals surface area contributed by atoms with Gasteiger partial charge < -0.3 is 78.1 Å². The van der Waals surface area contributed by atoms with Gasteiger partial charge >= 0.3 is 11.3 Å². The fourth-order valence-corrected chi connectivity index (χ4v) is 7.93. The lowest BCUT2D eigenvalue weighted by Gasteiger charge is -2.51. The maximum Gasteiger partial charge on any atom is 0.339 e. The Labute approximate surface area is 329 Å². The Kier molecular flexibility index (Phi) is 12.2. The maximum absolute atomic E-state index is 12.9. The fraction of sp³-hybridized carbons (Fsp3) is 0.450. The summed E-state index contributed by atoms with van der Waals surface area (Å²) in [6, 6.07) is 18.8. The lowest BCUT2D eigenvalue weighted by Crippen LogP contribution is -2.60. The highest BCUT2D eigenvalue weighted by Crippen LogP contribution is 2.66. The van der Waals surface area contributed by atoms with Crippen molar-refractivity contribution in [1.29, 1.82) is 0 Å². The monoisotopic (exact) mass is 812 g/mol. The predicted molar refractivity (Wildman–Crippen MR) is 196 cm³/mol. The van der Waals surface area contributed by atoms with E-state index in [9.17, 15) is 50.4 Å². The van der Waals surface area contributed by atoms with Gasteiger partial charge in [0.05, 0.1) is 39.6 Å². The molecule has 10 atom stereocenters. The van der Waals surface area contributed by atoms with Gasteiger partial charge in [-0.15, -0.1) is 0 Å². The zero-order valence-electron chi connectivity index (χ0n) is 31.1. The Morgan fingerprint density at radius 3 is 1.17 bits per heavy atom. The van der Waals surface area contributed by atoms with E-state index in [1.165, 1.54) is 26.4 Å². The van der Waals surface area contributed by atoms with Gasteiger partial charge in [0.15, 0.2) is 0 Å². The smallest absolute Gasteiger partial charge is 0.339 e. The molecular formula is C40H44O18. The van der Waals surface area contributed by atoms with Gasteiger partial charge in [0.25, 0.3) is 0 Å². The van der Waals surface area contributed by atoms with Crippen LogP contribution in [0.25, 0.3) is 0 Å². The topological polar surface area (TPSA) is 278 Å². The van der Waals surface area contributed by atoms with Crippen molar-refractivity contribution in [2.24, 2.45) is 0 Å². The lowest BCUT2D eigenvalue weighted by atomic mass is 9.51. The Bertz CT molecular complexity index is 1960. The van der Waals surface area contributed by atoms with Crippen molar-refractivity contribution in [2.75, 3.05) is 27.4 Å². The molecule has 3 aliphatic rings. The highest BCUT2D eigenvalue weighted by Gasteiger charge is 2.56. The van der Waals surface area contributed by atoms with E-state index in [0.29, 0.717) is 11.1 Å². The van der Waals surface area contributed by atoms with Gasteiger partial charge in [-0.25, -0.2) is 9.59 Å². The third-order valence-electron chi connectivity index (χ3n) is 10.9. The van der Waals surface area contributed by atoms with Crippen LogP contribution in [0.5, 0.6) is 23.0 Å². The van der Waals surface area contributed by atoms with Gasteiger partial charge in [-0.1, -0.05) is 24.3 Å². The van der Waals surface area contributed by atoms with Crippen LogP contribution < -0.4 is 30.2 Å². The molecule has 8 N–H and O–H groups in total. The molecule has 0 spiro atoms. The number of rotatable bonds is 12. The molecule has 18 nitrogen and oxygen atoms in total. The van der Waals surface area contributed by atoms with E-state index in [4.69, 9.17) is 37.3 Å². The van der Waals surface area contributed by atoms with Crippen LogP contribution in [0.4, 0.5) is 0 Å². The second-order valence-electron chi connectivity index (χ2n) is 14.3. The molecule has 7 rings (SSSR count). The molecule has 2 aromatic heterocycles. The van der Waals surface area contributed by atoms with Crippen molar-refractivity contribution in [2.45, 2.75) is 85.1 Å². The van der Waals surface area contributed by atoms with Crippen LogP contribution >= 0.6 is 0 Å². The number of hydrogen-bond acceptors (Lipinski definition) is 18. The molecule has 0 amide bonds. The minimum Gasteiger partial charge on any atom is -0.496 e. The number of aliphatic hydroxyl groups is 8. The highest BCUT2D eigenvalue weighted by atomic mass is 16.7. The van der Waals surface area contributed by atoms with Crippen LogP contribution in [0.1, 0.15) is 46.3 Å². The molecule has 18 heteroatoms. The summed E-state index contributed by atoms with van der Waals surface area (Å²) < 4.78 is 45.1. The number of methoxy groups -OCH3 is 2. The molecule has 58 heavy (non-hydrogen) atoms. The van der Waals surface area contributed by atoms with Gasteiger partial charge in [0.2, 0.25) is 12.6 Å². The summed E-state index contributed by atoms with van der Waals surface area (Å²) in [6.45, 7) is -1.27. The van der Waals surface area contributed by atoms with Crippen LogP contribution in [-0.2, 0) is 9.47 Å². The van der Waals surface area contributed by atoms with Crippen LogP contribution in [0.2, 0.25) is 0 Å². The van der Waals surface area contributed by atoms with E-state index >= 15 is 0 Å². The maximum atomic E-state index is 12.9. The Morgan fingerprint density at radius 1 is 0.483 bits per heavy atom. The van der Waals surface area contributed by atoms with Gasteiger partial charge in [0.1, 0.15) is 83.4 Å². The van der Waals surface area contributed by atoms with Crippen LogP contribution in [0.15, 0.2) is 91.2 Å². The Morgan fingerprint density at radius 2 is 0.845 bits per heavy atom. The molecule has 0 bridgehead atoms.